The SMILES string of the molecule is N#Cc1cc(F)c(C(=O)NC[C@H]2CCO[C@@H]2c2cn[nH]c2)c(F)c1. The van der Waals surface area contributed by atoms with Crippen LogP contribution in [0.4, 0.5) is 8.78 Å². The molecule has 0 saturated carbocycles. The quantitative estimate of drug-likeness (QED) is 0.897. The maximum absolute atomic E-state index is 13.9. The average Bonchev–Trinajstić information content (AvgIpc) is 3.22. The summed E-state index contributed by atoms with van der Waals surface area (Å²) in [4.78, 5) is 12.1. The van der Waals surface area contributed by atoms with Crippen LogP contribution in [0.15, 0.2) is 24.5 Å². The van der Waals surface area contributed by atoms with E-state index < -0.39 is 23.1 Å². The van der Waals surface area contributed by atoms with Crippen molar-refractivity contribution in [1.82, 2.24) is 15.5 Å². The van der Waals surface area contributed by atoms with Gasteiger partial charge in [-0.3, -0.25) is 9.89 Å². The Morgan fingerprint density at radius 3 is 2.83 bits per heavy atom. The van der Waals surface area contributed by atoms with Crippen molar-refractivity contribution >= 4 is 5.91 Å². The molecule has 3 rings (SSSR count). The van der Waals surface area contributed by atoms with E-state index in [1.54, 1.807) is 18.5 Å². The third-order valence-corrected chi connectivity index (χ3v) is 3.99. The summed E-state index contributed by atoms with van der Waals surface area (Å²) in [6, 6.07) is 3.31. The molecular weight excluding hydrogens is 318 g/mol. The Kier molecular flexibility index (Phi) is 4.53. The van der Waals surface area contributed by atoms with E-state index in [-0.39, 0.29) is 24.1 Å². The number of aromatic amines is 1. The fourth-order valence-electron chi connectivity index (χ4n) is 2.79. The monoisotopic (exact) mass is 332 g/mol. The molecule has 1 aliphatic rings. The Bertz CT molecular complexity index is 763. The Labute approximate surface area is 136 Å². The first-order valence-corrected chi connectivity index (χ1v) is 7.37. The van der Waals surface area contributed by atoms with Crippen molar-refractivity contribution in [3.8, 4) is 6.07 Å². The van der Waals surface area contributed by atoms with Gasteiger partial charge >= 0.3 is 0 Å². The average molecular weight is 332 g/mol. The number of aromatic nitrogens is 2. The first-order chi connectivity index (χ1) is 11.6. The van der Waals surface area contributed by atoms with Crippen LogP contribution in [0.25, 0.3) is 0 Å². The van der Waals surface area contributed by atoms with E-state index >= 15 is 0 Å². The van der Waals surface area contributed by atoms with Crippen LogP contribution in [-0.2, 0) is 4.74 Å². The fraction of sp³-hybridized carbons (Fsp3) is 0.312. The minimum absolute atomic E-state index is 0.0175. The molecule has 0 unspecified atom stereocenters. The van der Waals surface area contributed by atoms with Crippen LogP contribution in [0.1, 0.15) is 34.0 Å². The second kappa shape index (κ2) is 6.76. The molecule has 1 aromatic carbocycles. The topological polar surface area (TPSA) is 90.8 Å². The van der Waals surface area contributed by atoms with E-state index in [2.05, 4.69) is 15.5 Å². The Hall–Kier alpha value is -2.79. The third-order valence-electron chi connectivity index (χ3n) is 3.99. The van der Waals surface area contributed by atoms with Gasteiger partial charge in [-0.1, -0.05) is 0 Å². The summed E-state index contributed by atoms with van der Waals surface area (Å²) in [5.74, 6) is -2.99. The minimum atomic E-state index is -1.06. The molecule has 2 atom stereocenters. The van der Waals surface area contributed by atoms with Gasteiger partial charge < -0.3 is 10.1 Å². The smallest absolute Gasteiger partial charge is 0.257 e. The summed E-state index contributed by atoms with van der Waals surface area (Å²) < 4.78 is 33.3. The summed E-state index contributed by atoms with van der Waals surface area (Å²) in [5, 5.41) is 17.8. The number of carbonyl (C=O) groups excluding carboxylic acids is 1. The van der Waals surface area contributed by atoms with E-state index in [1.165, 1.54) is 0 Å². The lowest BCUT2D eigenvalue weighted by atomic mass is 9.97. The van der Waals surface area contributed by atoms with Crippen LogP contribution in [0.3, 0.4) is 0 Å². The van der Waals surface area contributed by atoms with Crippen LogP contribution in [0.2, 0.25) is 0 Å². The first kappa shape index (κ1) is 16.1. The standard InChI is InChI=1S/C16H14F2N4O2/c17-12-3-9(5-19)4-13(18)14(12)16(23)20-6-10-1-2-24-15(10)11-7-21-22-8-11/h3-4,7-8,10,15H,1-2,6H2,(H,20,23)(H,21,22)/t10-,15+/m1/s1. The molecule has 1 amide bonds. The van der Waals surface area contributed by atoms with Gasteiger partial charge in [0.2, 0.25) is 0 Å². The van der Waals surface area contributed by atoms with E-state index in [4.69, 9.17) is 10.00 Å². The molecular formula is C16H14F2N4O2. The van der Waals surface area contributed by atoms with Gasteiger partial charge in [0.25, 0.3) is 5.91 Å². The van der Waals surface area contributed by atoms with Crippen molar-refractivity contribution in [1.29, 1.82) is 5.26 Å². The lowest BCUT2D eigenvalue weighted by molar-refractivity contribution is 0.0842. The van der Waals surface area contributed by atoms with Crippen molar-refractivity contribution in [2.45, 2.75) is 12.5 Å². The van der Waals surface area contributed by atoms with Gasteiger partial charge in [0, 0.05) is 30.8 Å². The molecule has 24 heavy (non-hydrogen) atoms. The van der Waals surface area contributed by atoms with Crippen molar-refractivity contribution in [3.63, 3.8) is 0 Å². The van der Waals surface area contributed by atoms with Gasteiger partial charge in [-0.15, -0.1) is 0 Å². The molecule has 0 spiro atoms. The predicted octanol–water partition coefficient (Wildman–Crippen LogP) is 2.07. The van der Waals surface area contributed by atoms with Crippen LogP contribution < -0.4 is 5.32 Å². The molecule has 8 heteroatoms. The van der Waals surface area contributed by atoms with Crippen LogP contribution >= 0.6 is 0 Å². The number of ether oxygens (including phenoxy) is 1. The van der Waals surface area contributed by atoms with E-state index in [0.717, 1.165) is 17.7 Å². The number of benzene rings is 1. The number of rotatable bonds is 4. The highest BCUT2D eigenvalue weighted by molar-refractivity contribution is 5.94. The second-order valence-electron chi connectivity index (χ2n) is 5.51. The number of amides is 1. The van der Waals surface area contributed by atoms with Gasteiger partial charge in [0.05, 0.1) is 23.9 Å². The van der Waals surface area contributed by atoms with Gasteiger partial charge in [0.1, 0.15) is 17.2 Å². The number of carbonyl (C=O) groups is 1. The van der Waals surface area contributed by atoms with Gasteiger partial charge in [-0.2, -0.15) is 10.4 Å². The Morgan fingerprint density at radius 1 is 1.46 bits per heavy atom. The predicted molar refractivity (Wildman–Crippen MR) is 78.8 cm³/mol. The van der Waals surface area contributed by atoms with Gasteiger partial charge in [-0.05, 0) is 18.6 Å². The minimum Gasteiger partial charge on any atom is -0.373 e. The number of H-pyrrole nitrogens is 1. The van der Waals surface area contributed by atoms with Crippen LogP contribution in [-0.4, -0.2) is 29.3 Å². The van der Waals surface area contributed by atoms with Crippen molar-refractivity contribution in [2.24, 2.45) is 5.92 Å². The lowest BCUT2D eigenvalue weighted by Crippen LogP contribution is -2.31. The van der Waals surface area contributed by atoms with Crippen molar-refractivity contribution in [3.05, 3.63) is 52.9 Å². The Balaban J connectivity index is 1.69. The molecule has 1 aromatic heterocycles. The number of nitriles is 1. The highest BCUT2D eigenvalue weighted by Crippen LogP contribution is 2.33. The molecule has 124 valence electrons. The summed E-state index contributed by atoms with van der Waals surface area (Å²) in [6.07, 6.45) is 3.85. The number of hydrogen-bond donors (Lipinski definition) is 2. The summed E-state index contributed by atoms with van der Waals surface area (Å²) in [6.45, 7) is 0.754. The molecule has 6 nitrogen and oxygen atoms in total. The molecule has 2 heterocycles. The molecule has 1 saturated heterocycles. The summed E-state index contributed by atoms with van der Waals surface area (Å²) in [5.41, 5.74) is 0.000948. The zero-order valence-corrected chi connectivity index (χ0v) is 12.6. The first-order valence-electron chi connectivity index (χ1n) is 7.37. The largest absolute Gasteiger partial charge is 0.373 e. The maximum atomic E-state index is 13.9. The van der Waals surface area contributed by atoms with Crippen LogP contribution in [0.5, 0.6) is 0 Å². The number of hydrogen-bond acceptors (Lipinski definition) is 4. The normalized spacial score (nSPS) is 19.9. The zero-order chi connectivity index (χ0) is 17.1. The van der Waals surface area contributed by atoms with E-state index in [9.17, 15) is 13.6 Å². The highest BCUT2D eigenvalue weighted by atomic mass is 19.1. The number of nitrogens with one attached hydrogen (secondary N) is 2. The van der Waals surface area contributed by atoms with Gasteiger partial charge in [0.15, 0.2) is 0 Å². The third kappa shape index (κ3) is 3.12. The molecule has 1 aliphatic heterocycles. The van der Waals surface area contributed by atoms with Gasteiger partial charge in [-0.25, -0.2) is 8.78 Å². The molecule has 2 N–H and O–H groups in total. The van der Waals surface area contributed by atoms with E-state index in [0.29, 0.717) is 13.0 Å². The lowest BCUT2D eigenvalue weighted by Gasteiger charge is -2.18. The van der Waals surface area contributed by atoms with E-state index in [1.807, 2.05) is 0 Å². The summed E-state index contributed by atoms with van der Waals surface area (Å²) in [7, 11) is 0. The number of nitrogens with zero attached hydrogens (tertiary/aromatic N) is 2. The Morgan fingerprint density at radius 2 is 2.21 bits per heavy atom. The number of halogens is 2. The van der Waals surface area contributed by atoms with Crippen molar-refractivity contribution < 1.29 is 18.3 Å². The van der Waals surface area contributed by atoms with Crippen molar-refractivity contribution in [2.75, 3.05) is 13.2 Å². The van der Waals surface area contributed by atoms with Crippen LogP contribution in [0, 0.1) is 28.9 Å². The molecule has 2 aromatic rings. The molecule has 1 fully saturated rings. The highest BCUT2D eigenvalue weighted by Gasteiger charge is 2.31. The summed E-state index contributed by atoms with van der Waals surface area (Å²) >= 11 is 0. The zero-order valence-electron chi connectivity index (χ0n) is 12.6. The molecule has 0 radical (unpaired) electrons. The second-order valence-corrected chi connectivity index (χ2v) is 5.51. The molecule has 0 aliphatic carbocycles. The maximum Gasteiger partial charge on any atom is 0.257 e. The fourth-order valence-corrected chi connectivity index (χ4v) is 2.79. The molecule has 0 bridgehead atoms.